The largest absolute Gasteiger partial charge is 0.401 e. The third-order valence-corrected chi connectivity index (χ3v) is 1.21. The standard InChI is InChI=1S/C7H13F3N2O2/c1-5(13)2-12-6(14)3-11-4-7(8,9)10/h5,11,13H,2-4H2,1H3,(H,12,14)/t5-/m1/s1. The minimum absolute atomic E-state index is 0.0343. The fourth-order valence-corrected chi connectivity index (χ4v) is 0.642. The lowest BCUT2D eigenvalue weighted by Gasteiger charge is -2.09. The Labute approximate surface area is 79.5 Å². The summed E-state index contributed by atoms with van der Waals surface area (Å²) in [6.07, 6.45) is -5.02. The van der Waals surface area contributed by atoms with E-state index in [2.05, 4.69) is 5.32 Å². The van der Waals surface area contributed by atoms with Gasteiger partial charge in [-0.2, -0.15) is 13.2 Å². The molecule has 0 aliphatic carbocycles. The van der Waals surface area contributed by atoms with Gasteiger partial charge in [-0.25, -0.2) is 0 Å². The highest BCUT2D eigenvalue weighted by Crippen LogP contribution is 2.11. The van der Waals surface area contributed by atoms with Crippen molar-refractivity contribution < 1.29 is 23.1 Å². The van der Waals surface area contributed by atoms with Gasteiger partial charge in [0.15, 0.2) is 0 Å². The number of carbonyl (C=O) groups excluding carboxylic acids is 1. The van der Waals surface area contributed by atoms with Crippen LogP contribution < -0.4 is 10.6 Å². The first kappa shape index (κ1) is 13.2. The molecule has 0 aromatic heterocycles. The molecule has 0 radical (unpaired) electrons. The highest BCUT2D eigenvalue weighted by molar-refractivity contribution is 5.77. The van der Waals surface area contributed by atoms with Crippen molar-refractivity contribution in [2.24, 2.45) is 0 Å². The average molecular weight is 214 g/mol. The summed E-state index contributed by atoms with van der Waals surface area (Å²) in [6, 6.07) is 0. The highest BCUT2D eigenvalue weighted by Gasteiger charge is 2.26. The second kappa shape index (κ2) is 5.82. The van der Waals surface area contributed by atoms with E-state index in [9.17, 15) is 18.0 Å². The van der Waals surface area contributed by atoms with E-state index < -0.39 is 31.3 Å². The number of rotatable bonds is 5. The number of amides is 1. The van der Waals surface area contributed by atoms with E-state index >= 15 is 0 Å². The maximum atomic E-state index is 11.6. The van der Waals surface area contributed by atoms with Gasteiger partial charge in [0.1, 0.15) is 0 Å². The lowest BCUT2D eigenvalue weighted by atomic mass is 10.4. The van der Waals surface area contributed by atoms with Crippen molar-refractivity contribution in [2.75, 3.05) is 19.6 Å². The normalized spacial score (nSPS) is 13.8. The number of halogens is 3. The lowest BCUT2D eigenvalue weighted by Crippen LogP contribution is -2.40. The Morgan fingerprint density at radius 3 is 2.50 bits per heavy atom. The molecule has 1 amide bonds. The molecule has 0 saturated heterocycles. The molecule has 4 nitrogen and oxygen atoms in total. The van der Waals surface area contributed by atoms with Gasteiger partial charge < -0.3 is 15.7 Å². The van der Waals surface area contributed by atoms with Crippen LogP contribution in [0.5, 0.6) is 0 Å². The summed E-state index contributed by atoms with van der Waals surface area (Å²) in [5.41, 5.74) is 0. The lowest BCUT2D eigenvalue weighted by molar-refractivity contribution is -0.128. The van der Waals surface area contributed by atoms with E-state index in [4.69, 9.17) is 5.11 Å². The Hall–Kier alpha value is -0.820. The molecule has 0 fully saturated rings. The Balaban J connectivity index is 3.46. The summed E-state index contributed by atoms with van der Waals surface area (Å²) in [7, 11) is 0. The topological polar surface area (TPSA) is 61.4 Å². The Bertz CT molecular complexity index is 182. The van der Waals surface area contributed by atoms with Gasteiger partial charge in [-0.3, -0.25) is 4.79 Å². The van der Waals surface area contributed by atoms with Crippen molar-refractivity contribution in [3.05, 3.63) is 0 Å². The molecule has 3 N–H and O–H groups in total. The van der Waals surface area contributed by atoms with Crippen LogP contribution in [0.2, 0.25) is 0 Å². The van der Waals surface area contributed by atoms with Crippen molar-refractivity contribution in [3.63, 3.8) is 0 Å². The van der Waals surface area contributed by atoms with Crippen molar-refractivity contribution in [1.82, 2.24) is 10.6 Å². The molecule has 7 heteroatoms. The predicted molar refractivity (Wildman–Crippen MR) is 43.6 cm³/mol. The first-order chi connectivity index (χ1) is 6.31. The van der Waals surface area contributed by atoms with Gasteiger partial charge >= 0.3 is 6.18 Å². The van der Waals surface area contributed by atoms with Crippen molar-refractivity contribution in [3.8, 4) is 0 Å². The van der Waals surface area contributed by atoms with E-state index in [0.29, 0.717) is 0 Å². The van der Waals surface area contributed by atoms with Crippen LogP contribution in [-0.2, 0) is 4.79 Å². The van der Waals surface area contributed by atoms with Crippen LogP contribution in [0.25, 0.3) is 0 Å². The molecule has 0 spiro atoms. The third-order valence-electron chi connectivity index (χ3n) is 1.21. The fourth-order valence-electron chi connectivity index (χ4n) is 0.642. The van der Waals surface area contributed by atoms with E-state index in [1.165, 1.54) is 6.92 Å². The minimum atomic E-state index is -4.31. The monoisotopic (exact) mass is 214 g/mol. The second-order valence-corrected chi connectivity index (χ2v) is 2.87. The van der Waals surface area contributed by atoms with E-state index in [0.717, 1.165) is 0 Å². The van der Waals surface area contributed by atoms with Crippen LogP contribution in [-0.4, -0.2) is 42.9 Å². The zero-order valence-corrected chi connectivity index (χ0v) is 7.69. The molecule has 0 aliphatic heterocycles. The summed E-state index contributed by atoms with van der Waals surface area (Å²) >= 11 is 0. The molecule has 0 bridgehead atoms. The number of alkyl halides is 3. The highest BCUT2D eigenvalue weighted by atomic mass is 19.4. The van der Waals surface area contributed by atoms with Crippen molar-refractivity contribution in [1.29, 1.82) is 0 Å². The SMILES string of the molecule is C[C@@H](O)CNC(=O)CNCC(F)(F)F. The van der Waals surface area contributed by atoms with Gasteiger partial charge in [-0.1, -0.05) is 0 Å². The smallest absolute Gasteiger partial charge is 0.392 e. The van der Waals surface area contributed by atoms with E-state index in [1.807, 2.05) is 5.32 Å². The Morgan fingerprint density at radius 2 is 2.07 bits per heavy atom. The van der Waals surface area contributed by atoms with E-state index in [1.54, 1.807) is 0 Å². The number of aliphatic hydroxyl groups excluding tert-OH is 1. The van der Waals surface area contributed by atoms with Gasteiger partial charge in [-0.15, -0.1) is 0 Å². The molecule has 0 saturated carbocycles. The quantitative estimate of drug-likeness (QED) is 0.585. The maximum Gasteiger partial charge on any atom is 0.401 e. The number of aliphatic hydroxyl groups is 1. The fraction of sp³-hybridized carbons (Fsp3) is 0.857. The Morgan fingerprint density at radius 1 is 1.50 bits per heavy atom. The number of carbonyl (C=O) groups is 1. The van der Waals surface area contributed by atoms with Crippen LogP contribution in [0.15, 0.2) is 0 Å². The first-order valence-corrected chi connectivity index (χ1v) is 4.03. The number of nitrogens with one attached hydrogen (secondary N) is 2. The zero-order chi connectivity index (χ0) is 11.2. The maximum absolute atomic E-state index is 11.6. The molecule has 1 atom stereocenters. The predicted octanol–water partition coefficient (Wildman–Crippen LogP) is -0.365. The summed E-state index contributed by atoms with van der Waals surface area (Å²) < 4.78 is 34.8. The summed E-state index contributed by atoms with van der Waals surface area (Å²) in [5.74, 6) is -0.574. The van der Waals surface area contributed by atoms with Crippen molar-refractivity contribution in [2.45, 2.75) is 19.2 Å². The van der Waals surface area contributed by atoms with Gasteiger partial charge in [0.2, 0.25) is 5.91 Å². The van der Waals surface area contributed by atoms with Gasteiger partial charge in [0.05, 0.1) is 19.2 Å². The third kappa shape index (κ3) is 9.27. The van der Waals surface area contributed by atoms with E-state index in [-0.39, 0.29) is 6.54 Å². The number of hydrogen-bond donors (Lipinski definition) is 3. The summed E-state index contributed by atoms with van der Waals surface area (Å²) in [5, 5.41) is 12.9. The zero-order valence-electron chi connectivity index (χ0n) is 7.69. The second-order valence-electron chi connectivity index (χ2n) is 2.87. The first-order valence-electron chi connectivity index (χ1n) is 4.03. The average Bonchev–Trinajstić information content (AvgIpc) is 1.98. The Kier molecular flexibility index (Phi) is 5.47. The summed E-state index contributed by atoms with van der Waals surface area (Å²) in [4.78, 5) is 10.8. The van der Waals surface area contributed by atoms with Crippen LogP contribution in [0, 0.1) is 0 Å². The molecule has 0 unspecified atom stereocenters. The molecule has 0 rings (SSSR count). The molecular formula is C7H13F3N2O2. The molecule has 14 heavy (non-hydrogen) atoms. The van der Waals surface area contributed by atoms with Gasteiger partial charge in [-0.05, 0) is 6.92 Å². The molecular weight excluding hydrogens is 201 g/mol. The van der Waals surface area contributed by atoms with Crippen LogP contribution in [0.1, 0.15) is 6.92 Å². The summed E-state index contributed by atoms with van der Waals surface area (Å²) in [6.45, 7) is -0.114. The van der Waals surface area contributed by atoms with Crippen LogP contribution >= 0.6 is 0 Å². The van der Waals surface area contributed by atoms with Crippen LogP contribution in [0.4, 0.5) is 13.2 Å². The van der Waals surface area contributed by atoms with Gasteiger partial charge in [0.25, 0.3) is 0 Å². The molecule has 0 aromatic carbocycles. The molecule has 84 valence electrons. The number of hydrogen-bond acceptors (Lipinski definition) is 3. The van der Waals surface area contributed by atoms with Crippen LogP contribution in [0.3, 0.4) is 0 Å². The molecule has 0 aliphatic rings. The minimum Gasteiger partial charge on any atom is -0.392 e. The molecule has 0 heterocycles. The van der Waals surface area contributed by atoms with Crippen molar-refractivity contribution >= 4 is 5.91 Å². The van der Waals surface area contributed by atoms with Gasteiger partial charge in [0, 0.05) is 6.54 Å². The molecule has 0 aromatic rings.